The lowest BCUT2D eigenvalue weighted by atomic mass is 10.3. The fourth-order valence-electron chi connectivity index (χ4n) is 2.11. The van der Waals surface area contributed by atoms with Crippen LogP contribution in [0.1, 0.15) is 30.4 Å². The fraction of sp³-hybridized carbons (Fsp3) is 0.583. The number of halogens is 1. The van der Waals surface area contributed by atoms with Gasteiger partial charge in [0, 0.05) is 36.0 Å². The van der Waals surface area contributed by atoms with Crippen LogP contribution < -0.4 is 0 Å². The molecule has 0 atom stereocenters. The molecule has 0 saturated carbocycles. The molecule has 112 valence electrons. The van der Waals surface area contributed by atoms with Crippen molar-refractivity contribution >= 4 is 25.6 Å². The summed E-state index contributed by atoms with van der Waals surface area (Å²) >= 11 is 0. The smallest absolute Gasteiger partial charge is 0.270 e. The van der Waals surface area contributed by atoms with E-state index in [1.807, 2.05) is 13.8 Å². The number of aromatic nitrogens is 1. The van der Waals surface area contributed by atoms with E-state index in [1.165, 1.54) is 12.3 Å². The molecule has 8 heteroatoms. The van der Waals surface area contributed by atoms with Gasteiger partial charge in [0.1, 0.15) is 10.6 Å². The monoisotopic (exact) mass is 320 g/mol. The Labute approximate surface area is 122 Å². The maximum absolute atomic E-state index is 12.5. The van der Waals surface area contributed by atoms with E-state index in [2.05, 4.69) is 0 Å². The summed E-state index contributed by atoms with van der Waals surface area (Å²) in [5.41, 5.74) is 0.334. The normalized spacial score (nSPS) is 16.7. The van der Waals surface area contributed by atoms with Crippen LogP contribution in [0.4, 0.5) is 0 Å². The van der Waals surface area contributed by atoms with Gasteiger partial charge in [0.25, 0.3) is 15.0 Å². The van der Waals surface area contributed by atoms with Gasteiger partial charge in [-0.1, -0.05) is 0 Å². The Hall–Kier alpha value is -1.05. The van der Waals surface area contributed by atoms with Gasteiger partial charge in [-0.25, -0.2) is 8.42 Å². The molecule has 6 nitrogen and oxygen atoms in total. The Morgan fingerprint density at radius 1 is 1.35 bits per heavy atom. The summed E-state index contributed by atoms with van der Waals surface area (Å²) in [6.07, 6.45) is 1.40. The number of morpholine rings is 1. The number of carbonyl (C=O) groups excluding carboxylic acids is 1. The molecule has 0 spiro atoms. The summed E-state index contributed by atoms with van der Waals surface area (Å²) < 4.78 is 29.7. The zero-order valence-electron chi connectivity index (χ0n) is 11.4. The molecule has 20 heavy (non-hydrogen) atoms. The average molecular weight is 321 g/mol. The first-order chi connectivity index (χ1) is 9.30. The van der Waals surface area contributed by atoms with E-state index in [9.17, 15) is 13.2 Å². The molecule has 2 heterocycles. The maximum atomic E-state index is 12.5. The van der Waals surface area contributed by atoms with Gasteiger partial charge >= 0.3 is 0 Å². The summed E-state index contributed by atoms with van der Waals surface area (Å²) in [7, 11) is 1.51. The van der Waals surface area contributed by atoms with Crippen LogP contribution in [-0.2, 0) is 13.8 Å². The van der Waals surface area contributed by atoms with Crippen LogP contribution in [0.2, 0.25) is 0 Å². The van der Waals surface area contributed by atoms with E-state index < -0.39 is 9.05 Å². The Morgan fingerprint density at radius 3 is 2.45 bits per heavy atom. The van der Waals surface area contributed by atoms with Crippen molar-refractivity contribution in [2.45, 2.75) is 24.8 Å². The quantitative estimate of drug-likeness (QED) is 0.791. The number of hydrogen-bond acceptors (Lipinski definition) is 4. The average Bonchev–Trinajstić information content (AvgIpc) is 2.84. The largest absolute Gasteiger partial charge is 0.378 e. The third-order valence-corrected chi connectivity index (χ3v) is 4.50. The molecule has 1 fully saturated rings. The van der Waals surface area contributed by atoms with Crippen molar-refractivity contribution in [3.63, 3.8) is 0 Å². The zero-order valence-corrected chi connectivity index (χ0v) is 12.9. The Morgan fingerprint density at radius 2 is 1.95 bits per heavy atom. The number of amides is 1. The van der Waals surface area contributed by atoms with E-state index in [0.29, 0.717) is 32.0 Å². The first-order valence-electron chi connectivity index (χ1n) is 6.34. The van der Waals surface area contributed by atoms with E-state index >= 15 is 0 Å². The lowest BCUT2D eigenvalue weighted by Gasteiger charge is -2.27. The highest BCUT2D eigenvalue weighted by atomic mass is 35.7. The van der Waals surface area contributed by atoms with Crippen molar-refractivity contribution in [1.29, 1.82) is 0 Å². The first kappa shape index (κ1) is 15.3. The summed E-state index contributed by atoms with van der Waals surface area (Å²) in [6.45, 7) is 5.75. The second kappa shape index (κ2) is 5.75. The van der Waals surface area contributed by atoms with Crippen molar-refractivity contribution in [1.82, 2.24) is 9.47 Å². The molecule has 1 saturated heterocycles. The highest BCUT2D eigenvalue weighted by Crippen LogP contribution is 2.23. The van der Waals surface area contributed by atoms with Crippen LogP contribution in [0.5, 0.6) is 0 Å². The van der Waals surface area contributed by atoms with Crippen molar-refractivity contribution in [3.8, 4) is 0 Å². The second-order valence-electron chi connectivity index (χ2n) is 4.90. The summed E-state index contributed by atoms with van der Waals surface area (Å²) in [4.78, 5) is 14.1. The number of hydrogen-bond donors (Lipinski definition) is 0. The van der Waals surface area contributed by atoms with Gasteiger partial charge in [-0.3, -0.25) is 4.79 Å². The number of rotatable bonds is 3. The molecule has 2 rings (SSSR count). The van der Waals surface area contributed by atoms with Crippen LogP contribution >= 0.6 is 10.7 Å². The van der Waals surface area contributed by atoms with Gasteiger partial charge in [0.2, 0.25) is 0 Å². The van der Waals surface area contributed by atoms with Crippen molar-refractivity contribution in [3.05, 3.63) is 18.0 Å². The maximum Gasteiger partial charge on any atom is 0.270 e. The molecule has 0 aromatic carbocycles. The van der Waals surface area contributed by atoms with Crippen LogP contribution in [-0.4, -0.2) is 50.1 Å². The predicted molar refractivity (Wildman–Crippen MR) is 74.6 cm³/mol. The molecule has 1 aromatic rings. The molecule has 1 aliphatic heterocycles. The second-order valence-corrected chi connectivity index (χ2v) is 7.47. The lowest BCUT2D eigenvalue weighted by Crippen LogP contribution is -2.41. The molecule has 0 N–H and O–H groups in total. The minimum Gasteiger partial charge on any atom is -0.378 e. The number of ether oxygens (including phenoxy) is 1. The van der Waals surface area contributed by atoms with Crippen LogP contribution in [0.25, 0.3) is 0 Å². The van der Waals surface area contributed by atoms with Gasteiger partial charge < -0.3 is 14.2 Å². The lowest BCUT2D eigenvalue weighted by molar-refractivity contribution is 0.0295. The Kier molecular flexibility index (Phi) is 4.41. The van der Waals surface area contributed by atoms with Gasteiger partial charge in [-0.15, -0.1) is 0 Å². The van der Waals surface area contributed by atoms with Gasteiger partial charge in [-0.2, -0.15) is 0 Å². The van der Waals surface area contributed by atoms with Crippen molar-refractivity contribution in [2.24, 2.45) is 0 Å². The zero-order chi connectivity index (χ0) is 14.9. The molecular formula is C12H17ClN2O4S. The fourth-order valence-corrected chi connectivity index (χ4v) is 2.86. The third-order valence-electron chi connectivity index (χ3n) is 3.18. The third kappa shape index (κ3) is 3.16. The van der Waals surface area contributed by atoms with Gasteiger partial charge in [-0.05, 0) is 19.9 Å². The molecule has 0 bridgehead atoms. The van der Waals surface area contributed by atoms with E-state index in [-0.39, 0.29) is 16.8 Å². The Balaban J connectivity index is 2.38. The molecular weight excluding hydrogens is 304 g/mol. The van der Waals surface area contributed by atoms with E-state index in [0.717, 1.165) is 0 Å². The minimum absolute atomic E-state index is 0.0397. The topological polar surface area (TPSA) is 68.6 Å². The van der Waals surface area contributed by atoms with E-state index in [1.54, 1.807) is 9.47 Å². The van der Waals surface area contributed by atoms with Crippen molar-refractivity contribution < 1.29 is 17.9 Å². The molecule has 0 radical (unpaired) electrons. The standard InChI is InChI=1S/C12H17ClN2O4S/c1-9(2)15-8-10(20(13,17)18)7-11(15)12(16)14-3-5-19-6-4-14/h7-9H,3-6H2,1-2H3. The molecule has 1 aromatic heterocycles. The summed E-state index contributed by atoms with van der Waals surface area (Å²) in [6, 6.07) is 1.29. The Bertz CT molecular complexity index is 603. The van der Waals surface area contributed by atoms with Crippen LogP contribution in [0, 0.1) is 0 Å². The van der Waals surface area contributed by atoms with Crippen LogP contribution in [0.3, 0.4) is 0 Å². The summed E-state index contributed by atoms with van der Waals surface area (Å²) in [5.74, 6) is -0.200. The minimum atomic E-state index is -3.85. The first-order valence-corrected chi connectivity index (χ1v) is 8.65. The molecule has 1 amide bonds. The molecule has 0 aliphatic carbocycles. The van der Waals surface area contributed by atoms with E-state index in [4.69, 9.17) is 15.4 Å². The highest BCUT2D eigenvalue weighted by molar-refractivity contribution is 8.13. The van der Waals surface area contributed by atoms with Gasteiger partial charge in [0.15, 0.2) is 0 Å². The predicted octanol–water partition coefficient (Wildman–Crippen LogP) is 1.47. The van der Waals surface area contributed by atoms with Gasteiger partial charge in [0.05, 0.1) is 13.2 Å². The SMILES string of the molecule is CC(C)n1cc(S(=O)(=O)Cl)cc1C(=O)N1CCOCC1. The molecule has 1 aliphatic rings. The summed E-state index contributed by atoms with van der Waals surface area (Å²) in [5, 5.41) is 0. The number of nitrogens with zero attached hydrogens (tertiary/aromatic N) is 2. The number of carbonyl (C=O) groups is 1. The van der Waals surface area contributed by atoms with Crippen LogP contribution in [0.15, 0.2) is 17.2 Å². The molecule has 0 unspecified atom stereocenters. The highest BCUT2D eigenvalue weighted by Gasteiger charge is 2.25. The van der Waals surface area contributed by atoms with Crippen molar-refractivity contribution in [2.75, 3.05) is 26.3 Å².